The third-order valence-electron chi connectivity index (χ3n) is 4.02. The van der Waals surface area contributed by atoms with E-state index in [9.17, 15) is 9.59 Å². The molecule has 3 aromatic carbocycles. The summed E-state index contributed by atoms with van der Waals surface area (Å²) < 4.78 is 6.77. The lowest BCUT2D eigenvalue weighted by Gasteiger charge is -2.10. The summed E-state index contributed by atoms with van der Waals surface area (Å²) in [5, 5.41) is 6.70. The number of anilines is 1. The molecule has 3 aromatic rings. The third kappa shape index (κ3) is 6.28. The highest BCUT2D eigenvalue weighted by atomic mass is 79.9. The maximum atomic E-state index is 12.4. The Morgan fingerprint density at radius 2 is 1.83 bits per heavy atom. The Morgan fingerprint density at radius 3 is 2.60 bits per heavy atom. The van der Waals surface area contributed by atoms with Gasteiger partial charge in [-0.2, -0.15) is 5.10 Å². The average molecular weight is 466 g/mol. The SMILES string of the molecule is CC(=O)Nc1cccc(C(=O)NN=Cc2cc(Br)ccc2OCc2ccccc2)c1. The first-order valence-electron chi connectivity index (χ1n) is 9.18. The van der Waals surface area contributed by atoms with Crippen molar-refractivity contribution in [3.63, 3.8) is 0 Å². The fourth-order valence-corrected chi connectivity index (χ4v) is 3.03. The van der Waals surface area contributed by atoms with Crippen LogP contribution in [-0.4, -0.2) is 18.0 Å². The number of hydrazone groups is 1. The summed E-state index contributed by atoms with van der Waals surface area (Å²) in [5.41, 5.74) is 5.19. The highest BCUT2D eigenvalue weighted by Crippen LogP contribution is 2.23. The molecule has 0 atom stereocenters. The van der Waals surface area contributed by atoms with Crippen molar-refractivity contribution in [2.45, 2.75) is 13.5 Å². The molecule has 0 saturated carbocycles. The van der Waals surface area contributed by atoms with E-state index in [0.29, 0.717) is 29.2 Å². The van der Waals surface area contributed by atoms with E-state index in [1.54, 1.807) is 24.3 Å². The highest BCUT2D eigenvalue weighted by molar-refractivity contribution is 9.10. The molecule has 0 aliphatic carbocycles. The van der Waals surface area contributed by atoms with Gasteiger partial charge in [0.05, 0.1) is 6.21 Å². The van der Waals surface area contributed by atoms with E-state index in [0.717, 1.165) is 10.0 Å². The number of benzene rings is 3. The minimum absolute atomic E-state index is 0.205. The zero-order valence-corrected chi connectivity index (χ0v) is 17.8. The van der Waals surface area contributed by atoms with Crippen LogP contribution in [0, 0.1) is 0 Å². The number of amides is 2. The van der Waals surface area contributed by atoms with Crippen LogP contribution in [-0.2, 0) is 11.4 Å². The van der Waals surface area contributed by atoms with Crippen molar-refractivity contribution in [1.29, 1.82) is 0 Å². The zero-order chi connectivity index (χ0) is 21.3. The van der Waals surface area contributed by atoms with Gasteiger partial charge in [-0.15, -0.1) is 0 Å². The number of halogens is 1. The molecule has 7 heteroatoms. The summed E-state index contributed by atoms with van der Waals surface area (Å²) in [6.07, 6.45) is 1.53. The molecule has 0 radical (unpaired) electrons. The first-order chi connectivity index (χ1) is 14.5. The Morgan fingerprint density at radius 1 is 1.03 bits per heavy atom. The van der Waals surface area contributed by atoms with Gasteiger partial charge in [0.1, 0.15) is 12.4 Å². The van der Waals surface area contributed by atoms with Gasteiger partial charge in [-0.3, -0.25) is 9.59 Å². The van der Waals surface area contributed by atoms with Crippen molar-refractivity contribution in [1.82, 2.24) is 5.43 Å². The van der Waals surface area contributed by atoms with Crippen molar-refractivity contribution in [2.75, 3.05) is 5.32 Å². The summed E-state index contributed by atoms with van der Waals surface area (Å²) in [7, 11) is 0. The molecule has 6 nitrogen and oxygen atoms in total. The van der Waals surface area contributed by atoms with E-state index in [2.05, 4.69) is 31.8 Å². The number of nitrogens with one attached hydrogen (secondary N) is 2. The van der Waals surface area contributed by atoms with Crippen LogP contribution in [0.1, 0.15) is 28.4 Å². The van der Waals surface area contributed by atoms with Crippen LogP contribution in [0.4, 0.5) is 5.69 Å². The number of carbonyl (C=O) groups excluding carboxylic acids is 2. The first kappa shape index (κ1) is 21.3. The van der Waals surface area contributed by atoms with E-state index in [-0.39, 0.29) is 11.8 Å². The second kappa shape index (κ2) is 10.4. The number of hydrogen-bond acceptors (Lipinski definition) is 4. The molecule has 0 unspecified atom stereocenters. The maximum absolute atomic E-state index is 12.4. The molecule has 2 N–H and O–H groups in total. The van der Waals surface area contributed by atoms with Crippen LogP contribution < -0.4 is 15.5 Å². The normalized spacial score (nSPS) is 10.6. The lowest BCUT2D eigenvalue weighted by molar-refractivity contribution is -0.114. The van der Waals surface area contributed by atoms with Crippen molar-refractivity contribution < 1.29 is 14.3 Å². The summed E-state index contributed by atoms with van der Waals surface area (Å²) in [6, 6.07) is 22.0. The molecule has 0 aliphatic heterocycles. The number of hydrogen-bond donors (Lipinski definition) is 2. The maximum Gasteiger partial charge on any atom is 0.271 e. The standard InChI is InChI=1S/C23H20BrN3O3/c1-16(28)26-21-9-5-8-18(13-21)23(29)27-25-14-19-12-20(24)10-11-22(19)30-15-17-6-3-2-4-7-17/h2-14H,15H2,1H3,(H,26,28)(H,27,29). The smallest absolute Gasteiger partial charge is 0.271 e. The highest BCUT2D eigenvalue weighted by Gasteiger charge is 2.07. The minimum atomic E-state index is -0.389. The Labute approximate surface area is 183 Å². The van der Waals surface area contributed by atoms with Crippen molar-refractivity contribution in [3.05, 3.63) is 94.0 Å². The molecule has 30 heavy (non-hydrogen) atoms. The van der Waals surface area contributed by atoms with Crippen LogP contribution in [0.25, 0.3) is 0 Å². The summed E-state index contributed by atoms with van der Waals surface area (Å²) in [4.78, 5) is 23.5. The quantitative estimate of drug-likeness (QED) is 0.390. The summed E-state index contributed by atoms with van der Waals surface area (Å²) >= 11 is 3.44. The molecule has 0 fully saturated rings. The Balaban J connectivity index is 1.67. The van der Waals surface area contributed by atoms with Gasteiger partial charge in [0.2, 0.25) is 5.91 Å². The summed E-state index contributed by atoms with van der Waals surface area (Å²) in [6.45, 7) is 1.83. The van der Waals surface area contributed by atoms with Crippen LogP contribution in [0.3, 0.4) is 0 Å². The van der Waals surface area contributed by atoms with Crippen molar-refractivity contribution in [2.24, 2.45) is 5.10 Å². The Bertz CT molecular complexity index is 1070. The molecular formula is C23H20BrN3O3. The van der Waals surface area contributed by atoms with E-state index in [1.807, 2.05) is 48.5 Å². The number of carbonyl (C=O) groups is 2. The fraction of sp³-hybridized carbons (Fsp3) is 0.0870. The third-order valence-corrected chi connectivity index (χ3v) is 4.52. The molecule has 0 bridgehead atoms. The Hall–Kier alpha value is -3.45. The number of ether oxygens (including phenoxy) is 1. The number of nitrogens with zero attached hydrogens (tertiary/aromatic N) is 1. The molecule has 152 valence electrons. The van der Waals surface area contributed by atoms with E-state index >= 15 is 0 Å². The topological polar surface area (TPSA) is 79.8 Å². The van der Waals surface area contributed by atoms with Crippen LogP contribution in [0.2, 0.25) is 0 Å². The molecule has 0 saturated heterocycles. The number of rotatable bonds is 7. The van der Waals surface area contributed by atoms with Crippen LogP contribution in [0.5, 0.6) is 5.75 Å². The predicted octanol–water partition coefficient (Wildman–Crippen LogP) is 4.75. The Kier molecular flexibility index (Phi) is 7.34. The van der Waals surface area contributed by atoms with E-state index < -0.39 is 0 Å². The van der Waals surface area contributed by atoms with Gasteiger partial charge >= 0.3 is 0 Å². The van der Waals surface area contributed by atoms with Gasteiger partial charge in [0, 0.05) is 28.2 Å². The largest absolute Gasteiger partial charge is 0.488 e. The second-order valence-corrected chi connectivity index (χ2v) is 7.33. The molecule has 0 aromatic heterocycles. The second-order valence-electron chi connectivity index (χ2n) is 6.42. The molecule has 3 rings (SSSR count). The molecule has 0 spiro atoms. The minimum Gasteiger partial charge on any atom is -0.488 e. The van der Waals surface area contributed by atoms with Crippen LogP contribution >= 0.6 is 15.9 Å². The van der Waals surface area contributed by atoms with Gasteiger partial charge in [0.15, 0.2) is 0 Å². The molecular weight excluding hydrogens is 446 g/mol. The van der Waals surface area contributed by atoms with Crippen molar-refractivity contribution >= 4 is 39.6 Å². The van der Waals surface area contributed by atoms with Gasteiger partial charge < -0.3 is 10.1 Å². The monoisotopic (exact) mass is 465 g/mol. The van der Waals surface area contributed by atoms with Gasteiger partial charge in [-0.25, -0.2) is 5.43 Å². The summed E-state index contributed by atoms with van der Waals surface area (Å²) in [5.74, 6) is 0.0520. The van der Waals surface area contributed by atoms with Gasteiger partial charge in [-0.1, -0.05) is 52.3 Å². The van der Waals surface area contributed by atoms with Crippen molar-refractivity contribution in [3.8, 4) is 5.75 Å². The average Bonchev–Trinajstić information content (AvgIpc) is 2.73. The van der Waals surface area contributed by atoms with E-state index in [4.69, 9.17) is 4.74 Å². The van der Waals surface area contributed by atoms with Gasteiger partial charge in [-0.05, 0) is 42.0 Å². The van der Waals surface area contributed by atoms with E-state index in [1.165, 1.54) is 13.1 Å². The zero-order valence-electron chi connectivity index (χ0n) is 16.3. The first-order valence-corrected chi connectivity index (χ1v) is 9.98. The van der Waals surface area contributed by atoms with Crippen LogP contribution in [0.15, 0.2) is 82.4 Å². The fourth-order valence-electron chi connectivity index (χ4n) is 2.65. The lowest BCUT2D eigenvalue weighted by Crippen LogP contribution is -2.18. The molecule has 0 heterocycles. The lowest BCUT2D eigenvalue weighted by atomic mass is 10.2. The van der Waals surface area contributed by atoms with Gasteiger partial charge in [0.25, 0.3) is 5.91 Å². The molecule has 2 amide bonds. The molecule has 0 aliphatic rings. The predicted molar refractivity (Wildman–Crippen MR) is 121 cm³/mol.